The van der Waals surface area contributed by atoms with E-state index in [1.54, 1.807) is 7.11 Å². The molecule has 0 bridgehead atoms. The number of aromatic amines is 1. The maximum absolute atomic E-state index is 12.3. The largest absolute Gasteiger partial charge is 0.497 e. The monoisotopic (exact) mass is 449 g/mol. The second kappa shape index (κ2) is 9.15. The summed E-state index contributed by atoms with van der Waals surface area (Å²) in [6.45, 7) is 4.04. The fourth-order valence-electron chi connectivity index (χ4n) is 3.05. The molecule has 2 aromatic carbocycles. The maximum Gasteiger partial charge on any atom is 0.234 e. The molecule has 10 heteroatoms. The van der Waals surface area contributed by atoms with Gasteiger partial charge in [-0.05, 0) is 67.4 Å². The van der Waals surface area contributed by atoms with E-state index < -0.39 is 0 Å². The molecule has 9 nitrogen and oxygen atoms in total. The van der Waals surface area contributed by atoms with Gasteiger partial charge in [0.2, 0.25) is 16.9 Å². The molecule has 4 N–H and O–H groups in total. The van der Waals surface area contributed by atoms with Crippen molar-refractivity contribution in [1.29, 1.82) is 0 Å². The average Bonchev–Trinajstić information content (AvgIpc) is 3.42. The molecule has 4 aromatic rings. The van der Waals surface area contributed by atoms with Crippen LogP contribution in [0.2, 0.25) is 0 Å². The Hall–Kier alpha value is -3.79. The van der Waals surface area contributed by atoms with Crippen molar-refractivity contribution in [3.05, 3.63) is 59.7 Å². The second-order valence-corrected chi connectivity index (χ2v) is 8.15. The number of amides is 1. The number of nitrogens with zero attached hydrogens (tertiary/aromatic N) is 4. The van der Waals surface area contributed by atoms with Crippen LogP contribution in [0.4, 0.5) is 5.69 Å². The molecule has 0 spiro atoms. The summed E-state index contributed by atoms with van der Waals surface area (Å²) in [5.74, 6) is 7.38. The predicted molar refractivity (Wildman–Crippen MR) is 125 cm³/mol. The van der Waals surface area contributed by atoms with Gasteiger partial charge in [-0.1, -0.05) is 17.8 Å². The summed E-state index contributed by atoms with van der Waals surface area (Å²) in [6, 6.07) is 15.2. The van der Waals surface area contributed by atoms with Gasteiger partial charge in [-0.25, -0.2) is 4.68 Å². The van der Waals surface area contributed by atoms with Gasteiger partial charge in [0.05, 0.1) is 18.6 Å². The van der Waals surface area contributed by atoms with Crippen molar-refractivity contribution < 1.29 is 9.53 Å². The summed E-state index contributed by atoms with van der Waals surface area (Å²) >= 11 is 1.21. The van der Waals surface area contributed by atoms with Gasteiger partial charge in [-0.3, -0.25) is 9.89 Å². The number of anilines is 1. The zero-order valence-corrected chi connectivity index (χ0v) is 18.7. The number of H-pyrrole nitrogens is 1. The van der Waals surface area contributed by atoms with Crippen LogP contribution in [0.3, 0.4) is 0 Å². The normalized spacial score (nSPS) is 10.8. The lowest BCUT2D eigenvalue weighted by Crippen LogP contribution is -2.16. The molecule has 0 fully saturated rings. The number of thioether (sulfide) groups is 1. The number of nitrogens with one attached hydrogen (secondary N) is 2. The number of aromatic nitrogens is 5. The number of carbonyl (C=O) groups is 1. The van der Waals surface area contributed by atoms with Crippen LogP contribution in [0, 0.1) is 13.8 Å². The molecule has 32 heavy (non-hydrogen) atoms. The summed E-state index contributed by atoms with van der Waals surface area (Å²) in [4.78, 5) is 12.3. The van der Waals surface area contributed by atoms with Crippen molar-refractivity contribution in [1.82, 2.24) is 25.1 Å². The molecule has 0 atom stereocenters. The number of carbonyl (C=O) groups excluding carboxylic acids is 1. The standard InChI is InChI=1S/C22H23N7O2S/c1-13-4-7-16(10-14(13)2)24-20(30)12-32-22-28-27-21(29(22)23)19-11-18(25-26-19)15-5-8-17(31-3)9-6-15/h4-11H,12,23H2,1-3H3,(H,24,30)(H,25,26). The van der Waals surface area contributed by atoms with Crippen molar-refractivity contribution in [3.8, 4) is 28.5 Å². The highest BCUT2D eigenvalue weighted by atomic mass is 32.2. The molecule has 0 saturated heterocycles. The minimum atomic E-state index is -0.147. The number of hydrogen-bond donors (Lipinski definition) is 3. The van der Waals surface area contributed by atoms with Gasteiger partial charge < -0.3 is 15.9 Å². The minimum absolute atomic E-state index is 0.147. The van der Waals surface area contributed by atoms with Crippen molar-refractivity contribution in [2.24, 2.45) is 0 Å². The lowest BCUT2D eigenvalue weighted by molar-refractivity contribution is -0.113. The zero-order valence-electron chi connectivity index (χ0n) is 17.9. The van der Waals surface area contributed by atoms with Gasteiger partial charge in [0.1, 0.15) is 11.4 Å². The van der Waals surface area contributed by atoms with Gasteiger partial charge in [-0.15, -0.1) is 10.2 Å². The molecule has 0 saturated carbocycles. The molecule has 0 aliphatic rings. The molecule has 0 aliphatic carbocycles. The van der Waals surface area contributed by atoms with E-state index in [-0.39, 0.29) is 11.7 Å². The first kappa shape index (κ1) is 21.4. The summed E-state index contributed by atoms with van der Waals surface area (Å²) in [5, 5.41) is 18.8. The van der Waals surface area contributed by atoms with Crippen LogP contribution in [-0.2, 0) is 4.79 Å². The third-order valence-corrected chi connectivity index (χ3v) is 5.94. The Labute approximate surface area is 189 Å². The SMILES string of the molecule is COc1ccc(-c2cc(-c3nnc(SCC(=O)Nc4ccc(C)c(C)c4)n3N)[nH]n2)cc1. The van der Waals surface area contributed by atoms with E-state index >= 15 is 0 Å². The smallest absolute Gasteiger partial charge is 0.234 e. The van der Waals surface area contributed by atoms with Gasteiger partial charge in [0.15, 0.2) is 0 Å². The van der Waals surface area contributed by atoms with Gasteiger partial charge in [0, 0.05) is 11.3 Å². The lowest BCUT2D eigenvalue weighted by atomic mass is 10.1. The highest BCUT2D eigenvalue weighted by molar-refractivity contribution is 7.99. The van der Waals surface area contributed by atoms with E-state index in [0.29, 0.717) is 16.7 Å². The molecule has 4 rings (SSSR count). The lowest BCUT2D eigenvalue weighted by Gasteiger charge is -2.07. The third kappa shape index (κ3) is 4.59. The number of ether oxygens (including phenoxy) is 1. The van der Waals surface area contributed by atoms with E-state index in [9.17, 15) is 4.79 Å². The summed E-state index contributed by atoms with van der Waals surface area (Å²) in [5.41, 5.74) is 5.35. The number of aryl methyl sites for hydroxylation is 2. The number of methoxy groups -OCH3 is 1. The number of nitrogen functional groups attached to an aromatic ring is 1. The fourth-order valence-corrected chi connectivity index (χ4v) is 3.71. The van der Waals surface area contributed by atoms with Gasteiger partial charge >= 0.3 is 0 Å². The summed E-state index contributed by atoms with van der Waals surface area (Å²) in [6.07, 6.45) is 0. The minimum Gasteiger partial charge on any atom is -0.497 e. The molecule has 1 amide bonds. The van der Waals surface area contributed by atoms with Crippen molar-refractivity contribution in [2.75, 3.05) is 24.0 Å². The van der Waals surface area contributed by atoms with Crippen LogP contribution in [-0.4, -0.2) is 43.8 Å². The Kier molecular flexibility index (Phi) is 6.13. The molecule has 0 aliphatic heterocycles. The molecule has 2 heterocycles. The highest BCUT2D eigenvalue weighted by Gasteiger charge is 2.16. The molecular formula is C22H23N7O2S. The number of rotatable bonds is 7. The Morgan fingerprint density at radius 2 is 1.91 bits per heavy atom. The van der Waals surface area contributed by atoms with Crippen LogP contribution >= 0.6 is 11.8 Å². The predicted octanol–water partition coefficient (Wildman–Crippen LogP) is 3.41. The number of benzene rings is 2. The zero-order chi connectivity index (χ0) is 22.7. The third-order valence-electron chi connectivity index (χ3n) is 4.99. The Morgan fingerprint density at radius 1 is 1.12 bits per heavy atom. The fraction of sp³-hybridized carbons (Fsp3) is 0.182. The highest BCUT2D eigenvalue weighted by Crippen LogP contribution is 2.26. The van der Waals surface area contributed by atoms with E-state index in [2.05, 4.69) is 25.7 Å². The summed E-state index contributed by atoms with van der Waals surface area (Å²) in [7, 11) is 1.62. The first-order valence-corrected chi connectivity index (χ1v) is 10.8. The summed E-state index contributed by atoms with van der Waals surface area (Å²) < 4.78 is 6.53. The van der Waals surface area contributed by atoms with Crippen LogP contribution in [0.15, 0.2) is 53.7 Å². The van der Waals surface area contributed by atoms with E-state index in [0.717, 1.165) is 28.3 Å². The van der Waals surface area contributed by atoms with Crippen molar-refractivity contribution in [3.63, 3.8) is 0 Å². The number of hydrogen-bond acceptors (Lipinski definition) is 7. The first-order valence-electron chi connectivity index (χ1n) is 9.85. The quantitative estimate of drug-likeness (QED) is 0.292. The van der Waals surface area contributed by atoms with Crippen LogP contribution in [0.5, 0.6) is 5.75 Å². The average molecular weight is 450 g/mol. The topological polar surface area (TPSA) is 124 Å². The maximum atomic E-state index is 12.3. The molecule has 2 aromatic heterocycles. The van der Waals surface area contributed by atoms with Gasteiger partial charge in [0.25, 0.3) is 0 Å². The first-order chi connectivity index (χ1) is 15.4. The van der Waals surface area contributed by atoms with Crippen LogP contribution in [0.1, 0.15) is 11.1 Å². The van der Waals surface area contributed by atoms with Crippen LogP contribution in [0.25, 0.3) is 22.8 Å². The Bertz CT molecular complexity index is 1250. The van der Waals surface area contributed by atoms with Crippen LogP contribution < -0.4 is 15.9 Å². The molecule has 0 unspecified atom stereocenters. The van der Waals surface area contributed by atoms with E-state index in [1.165, 1.54) is 22.0 Å². The Morgan fingerprint density at radius 3 is 2.62 bits per heavy atom. The second-order valence-electron chi connectivity index (χ2n) is 7.21. The van der Waals surface area contributed by atoms with Gasteiger partial charge in [-0.2, -0.15) is 5.10 Å². The molecular weight excluding hydrogens is 426 g/mol. The Balaban J connectivity index is 1.41. The molecule has 164 valence electrons. The van der Waals surface area contributed by atoms with Crippen molar-refractivity contribution >= 4 is 23.4 Å². The van der Waals surface area contributed by atoms with E-state index in [4.69, 9.17) is 10.6 Å². The van der Waals surface area contributed by atoms with E-state index in [1.807, 2.05) is 62.4 Å². The van der Waals surface area contributed by atoms with Crippen molar-refractivity contribution in [2.45, 2.75) is 19.0 Å². The molecule has 0 radical (unpaired) electrons. The number of nitrogens with two attached hydrogens (primary N) is 1.